The number of nitrogens with zero attached hydrogens (tertiary/aromatic N) is 1. The minimum Gasteiger partial charge on any atom is -0.343 e. The zero-order valence-corrected chi connectivity index (χ0v) is 11.1. The highest BCUT2D eigenvalue weighted by Crippen LogP contribution is 2.41. The fourth-order valence-electron chi connectivity index (χ4n) is 2.66. The van der Waals surface area contributed by atoms with Crippen LogP contribution in [0.15, 0.2) is 0 Å². The largest absolute Gasteiger partial charge is 0.391 e. The SMILES string of the molecule is CN1C(=O)C(=O)NC2CC(C(F)(F)F)CC(Br)C21. The Morgan fingerprint density at radius 3 is 2.50 bits per heavy atom. The van der Waals surface area contributed by atoms with E-state index in [4.69, 9.17) is 0 Å². The molecule has 1 saturated carbocycles. The van der Waals surface area contributed by atoms with Gasteiger partial charge in [-0.1, -0.05) is 15.9 Å². The van der Waals surface area contributed by atoms with E-state index in [-0.39, 0.29) is 12.8 Å². The fourth-order valence-corrected chi connectivity index (χ4v) is 3.83. The lowest BCUT2D eigenvalue weighted by Gasteiger charge is -2.47. The molecule has 1 aliphatic heterocycles. The number of fused-ring (bicyclic) bond motifs is 1. The van der Waals surface area contributed by atoms with Gasteiger partial charge in [0.05, 0.1) is 18.0 Å². The van der Waals surface area contributed by atoms with Crippen LogP contribution in [0, 0.1) is 5.92 Å². The molecule has 4 nitrogen and oxygen atoms in total. The number of halogens is 4. The van der Waals surface area contributed by atoms with Crippen LogP contribution in [0.4, 0.5) is 13.2 Å². The molecule has 18 heavy (non-hydrogen) atoms. The van der Waals surface area contributed by atoms with Gasteiger partial charge in [0.25, 0.3) is 0 Å². The van der Waals surface area contributed by atoms with Gasteiger partial charge in [-0.05, 0) is 12.8 Å². The Bertz CT molecular complexity index is 388. The molecule has 1 aliphatic carbocycles. The number of hydrogen-bond donors (Lipinski definition) is 1. The Kier molecular flexibility index (Phi) is 3.33. The Morgan fingerprint density at radius 1 is 1.33 bits per heavy atom. The molecule has 0 radical (unpaired) electrons. The lowest BCUT2D eigenvalue weighted by molar-refractivity contribution is -0.188. The van der Waals surface area contributed by atoms with E-state index in [1.54, 1.807) is 0 Å². The van der Waals surface area contributed by atoms with Crippen molar-refractivity contribution in [3.05, 3.63) is 0 Å². The van der Waals surface area contributed by atoms with Gasteiger partial charge in [0, 0.05) is 11.9 Å². The summed E-state index contributed by atoms with van der Waals surface area (Å²) in [5.74, 6) is -2.99. The van der Waals surface area contributed by atoms with Gasteiger partial charge in [-0.3, -0.25) is 9.59 Å². The number of alkyl halides is 4. The molecule has 2 rings (SSSR count). The molecule has 0 aromatic carbocycles. The lowest BCUT2D eigenvalue weighted by Crippen LogP contribution is -2.67. The fraction of sp³-hybridized carbons (Fsp3) is 0.800. The first-order valence-electron chi connectivity index (χ1n) is 5.50. The van der Waals surface area contributed by atoms with Crippen molar-refractivity contribution < 1.29 is 22.8 Å². The molecule has 2 amide bonds. The third-order valence-electron chi connectivity index (χ3n) is 3.57. The molecular formula is C10H12BrF3N2O2. The monoisotopic (exact) mass is 328 g/mol. The summed E-state index contributed by atoms with van der Waals surface area (Å²) in [7, 11) is 1.45. The van der Waals surface area contributed by atoms with E-state index in [2.05, 4.69) is 21.2 Å². The summed E-state index contributed by atoms with van der Waals surface area (Å²) < 4.78 is 38.2. The van der Waals surface area contributed by atoms with Gasteiger partial charge >= 0.3 is 18.0 Å². The molecule has 4 unspecified atom stereocenters. The third kappa shape index (κ3) is 2.22. The van der Waals surface area contributed by atoms with Crippen molar-refractivity contribution in [3.8, 4) is 0 Å². The van der Waals surface area contributed by atoms with Crippen molar-refractivity contribution in [2.24, 2.45) is 5.92 Å². The van der Waals surface area contributed by atoms with Crippen LogP contribution in [0.5, 0.6) is 0 Å². The third-order valence-corrected chi connectivity index (χ3v) is 4.49. The van der Waals surface area contributed by atoms with Gasteiger partial charge in [0.2, 0.25) is 0 Å². The second-order valence-corrected chi connectivity index (χ2v) is 5.89. The summed E-state index contributed by atoms with van der Waals surface area (Å²) >= 11 is 3.21. The summed E-state index contributed by atoms with van der Waals surface area (Å²) in [6, 6.07) is -1.07. The van der Waals surface area contributed by atoms with Crippen molar-refractivity contribution in [1.29, 1.82) is 0 Å². The van der Waals surface area contributed by atoms with Crippen LogP contribution < -0.4 is 5.32 Å². The second kappa shape index (κ2) is 4.40. The average molecular weight is 329 g/mol. The summed E-state index contributed by atoms with van der Waals surface area (Å²) in [6.45, 7) is 0. The maximum atomic E-state index is 12.7. The van der Waals surface area contributed by atoms with Crippen LogP contribution in [-0.2, 0) is 9.59 Å². The molecular weight excluding hydrogens is 317 g/mol. The first-order chi connectivity index (χ1) is 8.21. The zero-order valence-electron chi connectivity index (χ0n) is 9.50. The second-order valence-electron chi connectivity index (χ2n) is 4.71. The predicted molar refractivity (Wildman–Crippen MR) is 60.0 cm³/mol. The number of piperazine rings is 1. The Hall–Kier alpha value is -0.790. The van der Waals surface area contributed by atoms with E-state index in [1.807, 2.05) is 0 Å². The molecule has 2 fully saturated rings. The molecule has 0 bridgehead atoms. The van der Waals surface area contributed by atoms with Crippen molar-refractivity contribution in [2.45, 2.75) is 35.9 Å². The van der Waals surface area contributed by atoms with E-state index >= 15 is 0 Å². The Morgan fingerprint density at radius 2 is 1.94 bits per heavy atom. The maximum Gasteiger partial charge on any atom is 0.391 e. The van der Waals surface area contributed by atoms with Crippen LogP contribution in [-0.4, -0.2) is 46.8 Å². The van der Waals surface area contributed by atoms with Crippen LogP contribution in [0.2, 0.25) is 0 Å². The Labute approximate surface area is 110 Å². The molecule has 8 heteroatoms. The minimum absolute atomic E-state index is 0.0852. The molecule has 102 valence electrons. The van der Waals surface area contributed by atoms with E-state index in [0.29, 0.717) is 0 Å². The topological polar surface area (TPSA) is 49.4 Å². The smallest absolute Gasteiger partial charge is 0.343 e. The highest BCUT2D eigenvalue weighted by atomic mass is 79.9. The van der Waals surface area contributed by atoms with Crippen molar-refractivity contribution in [1.82, 2.24) is 10.2 Å². The van der Waals surface area contributed by atoms with E-state index in [9.17, 15) is 22.8 Å². The summed E-state index contributed by atoms with van der Waals surface area (Å²) in [6.07, 6.45) is -4.54. The molecule has 0 aromatic rings. The highest BCUT2D eigenvalue weighted by molar-refractivity contribution is 9.09. The van der Waals surface area contributed by atoms with Gasteiger partial charge < -0.3 is 10.2 Å². The summed E-state index contributed by atoms with van der Waals surface area (Å²) in [5, 5.41) is 2.37. The predicted octanol–water partition coefficient (Wildman–Crippen LogP) is 1.05. The number of carbonyl (C=O) groups excluding carboxylic acids is 2. The molecule has 0 aromatic heterocycles. The Balaban J connectivity index is 2.21. The van der Waals surface area contributed by atoms with Gasteiger partial charge in [-0.2, -0.15) is 13.2 Å². The summed E-state index contributed by atoms with van der Waals surface area (Å²) in [4.78, 5) is 23.6. The molecule has 0 spiro atoms. The van der Waals surface area contributed by atoms with E-state index in [1.165, 1.54) is 11.9 Å². The maximum absolute atomic E-state index is 12.7. The van der Waals surface area contributed by atoms with Crippen molar-refractivity contribution in [3.63, 3.8) is 0 Å². The molecule has 2 aliphatic rings. The number of rotatable bonds is 0. The average Bonchev–Trinajstić information content (AvgIpc) is 2.23. The van der Waals surface area contributed by atoms with E-state index < -0.39 is 40.8 Å². The number of amides is 2. The molecule has 1 heterocycles. The zero-order chi connectivity index (χ0) is 13.7. The van der Waals surface area contributed by atoms with E-state index in [0.717, 1.165) is 0 Å². The van der Waals surface area contributed by atoms with Crippen LogP contribution in [0.3, 0.4) is 0 Å². The summed E-state index contributed by atoms with van der Waals surface area (Å²) in [5.41, 5.74) is 0. The first-order valence-corrected chi connectivity index (χ1v) is 6.42. The quantitative estimate of drug-likeness (QED) is 0.533. The standard InChI is InChI=1S/C10H12BrF3N2O2/c1-16-7-5(11)2-4(10(12,13)14)3-6(7)15-8(17)9(16)18/h4-7H,2-3H2,1H3,(H,15,17). The lowest BCUT2D eigenvalue weighted by atomic mass is 9.80. The number of carbonyl (C=O) groups is 2. The van der Waals surface area contributed by atoms with Gasteiger partial charge in [0.15, 0.2) is 0 Å². The van der Waals surface area contributed by atoms with Crippen LogP contribution >= 0.6 is 15.9 Å². The molecule has 4 atom stereocenters. The van der Waals surface area contributed by atoms with Crippen molar-refractivity contribution in [2.75, 3.05) is 7.05 Å². The van der Waals surface area contributed by atoms with Gasteiger partial charge in [-0.25, -0.2) is 0 Å². The highest BCUT2D eigenvalue weighted by Gasteiger charge is 2.52. The number of hydrogen-bond acceptors (Lipinski definition) is 2. The van der Waals surface area contributed by atoms with Gasteiger partial charge in [-0.15, -0.1) is 0 Å². The first kappa shape index (κ1) is 13.6. The van der Waals surface area contributed by atoms with Crippen LogP contribution in [0.25, 0.3) is 0 Å². The normalized spacial score (nSPS) is 37.3. The van der Waals surface area contributed by atoms with Crippen molar-refractivity contribution >= 4 is 27.7 Å². The molecule has 1 N–H and O–H groups in total. The minimum atomic E-state index is -4.28. The van der Waals surface area contributed by atoms with Crippen LogP contribution in [0.1, 0.15) is 12.8 Å². The number of nitrogens with one attached hydrogen (secondary N) is 1. The number of likely N-dealkylation sites (N-methyl/N-ethyl adjacent to an activating group) is 1. The molecule has 1 saturated heterocycles. The van der Waals surface area contributed by atoms with Gasteiger partial charge in [0.1, 0.15) is 0 Å².